The molecule has 0 bridgehead atoms. The maximum atomic E-state index is 12.9. The number of thiazole rings is 1. The van der Waals surface area contributed by atoms with E-state index in [-0.39, 0.29) is 11.8 Å². The van der Waals surface area contributed by atoms with Crippen LogP contribution in [0.3, 0.4) is 0 Å². The number of anilines is 2. The first-order chi connectivity index (χ1) is 15.5. The summed E-state index contributed by atoms with van der Waals surface area (Å²) in [5.74, 6) is -0.0565. The second-order valence-corrected chi connectivity index (χ2v) is 9.17. The summed E-state index contributed by atoms with van der Waals surface area (Å²) in [5, 5.41) is 9.00. The molecule has 4 rings (SSSR count). The third-order valence-corrected chi connectivity index (χ3v) is 7.04. The first kappa shape index (κ1) is 22.6. The molecule has 0 unspecified atom stereocenters. The van der Waals surface area contributed by atoms with Gasteiger partial charge in [-0.3, -0.25) is 9.59 Å². The fraction of sp³-hybridized carbons (Fsp3) is 0.455. The van der Waals surface area contributed by atoms with Gasteiger partial charge in [0, 0.05) is 44.4 Å². The van der Waals surface area contributed by atoms with Crippen LogP contribution in [0.15, 0.2) is 29.6 Å². The number of thiocarbonyl (C=S) groups is 1. The number of benzene rings is 1. The smallest absolute Gasteiger partial charge is 0.275 e. The molecular formula is C22H27N5O3S2. The number of para-hydroxylation sites is 2. The normalized spacial score (nSPS) is 17.2. The molecule has 2 aromatic rings. The Labute approximate surface area is 196 Å². The van der Waals surface area contributed by atoms with Crippen LogP contribution in [-0.4, -0.2) is 66.2 Å². The summed E-state index contributed by atoms with van der Waals surface area (Å²) >= 11 is 6.81. The Kier molecular flexibility index (Phi) is 7.33. The van der Waals surface area contributed by atoms with Gasteiger partial charge < -0.3 is 25.2 Å². The predicted molar refractivity (Wildman–Crippen MR) is 130 cm³/mol. The number of carbonyl (C=O) groups is 2. The first-order valence-electron chi connectivity index (χ1n) is 10.8. The fourth-order valence-electron chi connectivity index (χ4n) is 3.98. The number of nitrogens with one attached hydrogen (secondary N) is 2. The van der Waals surface area contributed by atoms with Crippen molar-refractivity contribution in [1.29, 1.82) is 0 Å². The van der Waals surface area contributed by atoms with Gasteiger partial charge >= 0.3 is 0 Å². The molecule has 2 saturated heterocycles. The fourth-order valence-corrected chi connectivity index (χ4v) is 5.28. The molecule has 8 nitrogen and oxygen atoms in total. The van der Waals surface area contributed by atoms with Crippen LogP contribution in [0.25, 0.3) is 0 Å². The van der Waals surface area contributed by atoms with E-state index in [1.54, 1.807) is 0 Å². The second kappa shape index (κ2) is 10.4. The number of hydrogen-bond acceptors (Lipinski definition) is 7. The van der Waals surface area contributed by atoms with Gasteiger partial charge in [0.05, 0.1) is 29.6 Å². The summed E-state index contributed by atoms with van der Waals surface area (Å²) in [6.45, 7) is 5.96. The van der Waals surface area contributed by atoms with Crippen LogP contribution in [0.5, 0.6) is 0 Å². The van der Waals surface area contributed by atoms with E-state index in [2.05, 4.69) is 20.5 Å². The highest BCUT2D eigenvalue weighted by Gasteiger charge is 2.26. The van der Waals surface area contributed by atoms with Crippen LogP contribution >= 0.6 is 23.6 Å². The number of ether oxygens (including phenoxy) is 1. The number of amides is 2. The topological polar surface area (TPSA) is 86.8 Å². The van der Waals surface area contributed by atoms with E-state index in [0.717, 1.165) is 55.4 Å². The average Bonchev–Trinajstić information content (AvgIpc) is 3.30. The van der Waals surface area contributed by atoms with Crippen LogP contribution in [0, 0.1) is 0 Å². The number of aromatic nitrogens is 1. The van der Waals surface area contributed by atoms with Crippen LogP contribution in [0.1, 0.15) is 41.2 Å². The van der Waals surface area contributed by atoms with E-state index in [0.29, 0.717) is 29.9 Å². The standard InChI is InChI=1S/C22H27N5O3S2/c1-15(28)23-22(31)27-8-6-16(7-9-27)21-25-18(14-32-21)20(29)24-17-4-2-3-5-19(17)26-10-12-30-13-11-26/h2-5,14,16H,6-13H2,1H3,(H,24,29)(H,23,28,31). The summed E-state index contributed by atoms with van der Waals surface area (Å²) in [7, 11) is 0. The minimum Gasteiger partial charge on any atom is -0.378 e. The Morgan fingerprint density at radius 2 is 1.88 bits per heavy atom. The summed E-state index contributed by atoms with van der Waals surface area (Å²) in [4.78, 5) is 33.0. The van der Waals surface area contributed by atoms with Gasteiger partial charge in [0.1, 0.15) is 5.69 Å². The molecule has 0 aliphatic carbocycles. The lowest BCUT2D eigenvalue weighted by molar-refractivity contribution is -0.117. The predicted octanol–water partition coefficient (Wildman–Crippen LogP) is 2.83. The molecule has 10 heteroatoms. The quantitative estimate of drug-likeness (QED) is 0.661. The van der Waals surface area contributed by atoms with Crippen molar-refractivity contribution in [2.24, 2.45) is 0 Å². The second-order valence-electron chi connectivity index (χ2n) is 7.89. The van der Waals surface area contributed by atoms with Crippen molar-refractivity contribution >= 4 is 51.9 Å². The van der Waals surface area contributed by atoms with Gasteiger partial charge in [0.25, 0.3) is 5.91 Å². The van der Waals surface area contributed by atoms with Gasteiger partial charge in [-0.2, -0.15) is 0 Å². The zero-order chi connectivity index (χ0) is 22.5. The molecule has 1 aromatic carbocycles. The number of hydrogen-bond donors (Lipinski definition) is 2. The minimum atomic E-state index is -0.197. The van der Waals surface area contributed by atoms with Crippen molar-refractivity contribution in [2.45, 2.75) is 25.7 Å². The summed E-state index contributed by atoms with van der Waals surface area (Å²) in [6, 6.07) is 7.84. The largest absolute Gasteiger partial charge is 0.378 e. The molecule has 2 fully saturated rings. The molecule has 1 aromatic heterocycles. The SMILES string of the molecule is CC(=O)NC(=S)N1CCC(c2nc(C(=O)Nc3ccccc3N3CCOCC3)cs2)CC1. The maximum Gasteiger partial charge on any atom is 0.275 e. The van der Waals surface area contributed by atoms with Gasteiger partial charge in [-0.25, -0.2) is 4.98 Å². The highest BCUT2D eigenvalue weighted by atomic mass is 32.1. The lowest BCUT2D eigenvalue weighted by atomic mass is 9.98. The Balaban J connectivity index is 1.37. The van der Waals surface area contributed by atoms with Crippen molar-refractivity contribution in [3.63, 3.8) is 0 Å². The first-order valence-corrected chi connectivity index (χ1v) is 12.0. The van der Waals surface area contributed by atoms with E-state index >= 15 is 0 Å². The van der Waals surface area contributed by atoms with Crippen molar-refractivity contribution in [2.75, 3.05) is 49.6 Å². The van der Waals surface area contributed by atoms with Crippen LogP contribution in [0.4, 0.5) is 11.4 Å². The van der Waals surface area contributed by atoms with E-state index in [1.165, 1.54) is 18.3 Å². The van der Waals surface area contributed by atoms with Crippen LogP contribution < -0.4 is 15.5 Å². The number of piperidine rings is 1. The minimum absolute atomic E-state index is 0.150. The Bertz CT molecular complexity index is 981. The molecule has 2 aliphatic rings. The lowest BCUT2D eigenvalue weighted by Crippen LogP contribution is -2.45. The van der Waals surface area contributed by atoms with Crippen molar-refractivity contribution in [3.8, 4) is 0 Å². The third kappa shape index (κ3) is 5.43. The molecule has 2 amide bonds. The molecule has 0 spiro atoms. The van der Waals surface area contributed by atoms with E-state index in [4.69, 9.17) is 17.0 Å². The molecule has 0 radical (unpaired) electrons. The monoisotopic (exact) mass is 473 g/mol. The molecule has 3 heterocycles. The molecule has 32 heavy (non-hydrogen) atoms. The zero-order valence-electron chi connectivity index (χ0n) is 18.0. The third-order valence-electron chi connectivity index (χ3n) is 5.67. The van der Waals surface area contributed by atoms with Crippen LogP contribution in [0.2, 0.25) is 0 Å². The number of morpholine rings is 1. The molecule has 0 saturated carbocycles. The molecule has 2 N–H and O–H groups in total. The van der Waals surface area contributed by atoms with Crippen LogP contribution in [-0.2, 0) is 9.53 Å². The van der Waals surface area contributed by atoms with E-state index in [1.807, 2.05) is 34.5 Å². The molecule has 0 atom stereocenters. The van der Waals surface area contributed by atoms with Gasteiger partial charge in [0.2, 0.25) is 5.91 Å². The lowest BCUT2D eigenvalue weighted by Gasteiger charge is -2.32. The highest BCUT2D eigenvalue weighted by molar-refractivity contribution is 7.80. The van der Waals surface area contributed by atoms with Gasteiger partial charge in [-0.05, 0) is 37.2 Å². The highest BCUT2D eigenvalue weighted by Crippen LogP contribution is 2.31. The zero-order valence-corrected chi connectivity index (χ0v) is 19.6. The van der Waals surface area contributed by atoms with E-state index < -0.39 is 0 Å². The van der Waals surface area contributed by atoms with Gasteiger partial charge in [-0.1, -0.05) is 12.1 Å². The van der Waals surface area contributed by atoms with Crippen molar-refractivity contribution < 1.29 is 14.3 Å². The summed E-state index contributed by atoms with van der Waals surface area (Å²) in [5.41, 5.74) is 2.23. The Morgan fingerprint density at radius 1 is 1.16 bits per heavy atom. The Morgan fingerprint density at radius 3 is 2.59 bits per heavy atom. The Hall–Kier alpha value is -2.56. The maximum absolute atomic E-state index is 12.9. The number of rotatable bonds is 4. The molecule has 2 aliphatic heterocycles. The molecular weight excluding hydrogens is 446 g/mol. The summed E-state index contributed by atoms with van der Waals surface area (Å²) < 4.78 is 5.44. The number of nitrogens with zero attached hydrogens (tertiary/aromatic N) is 3. The van der Waals surface area contributed by atoms with E-state index in [9.17, 15) is 9.59 Å². The van der Waals surface area contributed by atoms with Crippen molar-refractivity contribution in [3.05, 3.63) is 40.3 Å². The van der Waals surface area contributed by atoms with Crippen molar-refractivity contribution in [1.82, 2.24) is 15.2 Å². The average molecular weight is 474 g/mol. The number of carbonyl (C=O) groups excluding carboxylic acids is 2. The van der Waals surface area contributed by atoms with Gasteiger partial charge in [-0.15, -0.1) is 11.3 Å². The molecule has 170 valence electrons. The van der Waals surface area contributed by atoms with Gasteiger partial charge in [0.15, 0.2) is 5.11 Å². The summed E-state index contributed by atoms with van der Waals surface area (Å²) in [6.07, 6.45) is 1.77. The number of likely N-dealkylation sites (tertiary alicyclic amines) is 1.